The fourth-order valence-corrected chi connectivity index (χ4v) is 9.59. The summed E-state index contributed by atoms with van der Waals surface area (Å²) in [5.41, 5.74) is 10.4. The Morgan fingerprint density at radius 3 is 1.22 bits per heavy atom. The molecule has 0 N–H and O–H groups in total. The van der Waals surface area contributed by atoms with Gasteiger partial charge in [-0.2, -0.15) is 0 Å². The number of ether oxygens (including phenoxy) is 2. The highest BCUT2D eigenvalue weighted by molar-refractivity contribution is 6.07. The number of carbonyl (C=O) groups excluding carboxylic acids is 2. The molecule has 0 unspecified atom stereocenters. The lowest BCUT2D eigenvalue weighted by atomic mass is 9.64. The molecule has 2 saturated carbocycles. The van der Waals surface area contributed by atoms with Crippen LogP contribution in [0, 0.1) is 0 Å². The second-order valence-electron chi connectivity index (χ2n) is 16.3. The summed E-state index contributed by atoms with van der Waals surface area (Å²) in [6.45, 7) is 13.0. The van der Waals surface area contributed by atoms with E-state index in [1.165, 1.54) is 111 Å². The van der Waals surface area contributed by atoms with Crippen LogP contribution in [-0.2, 0) is 33.1 Å². The number of esters is 2. The van der Waals surface area contributed by atoms with Gasteiger partial charge in [-0.1, -0.05) is 104 Å². The third-order valence-corrected chi connectivity index (χ3v) is 11.3. The number of rotatable bonds is 4. The molecule has 0 spiro atoms. The lowest BCUT2D eigenvalue weighted by molar-refractivity contribution is 0.0550. The van der Waals surface area contributed by atoms with Crippen molar-refractivity contribution in [2.24, 2.45) is 0 Å². The zero-order chi connectivity index (χ0) is 33.0. The van der Waals surface area contributed by atoms with Crippen LogP contribution in [-0.4, -0.2) is 26.2 Å². The van der Waals surface area contributed by atoms with Crippen LogP contribution >= 0.6 is 0 Å². The zero-order valence-corrected chi connectivity index (χ0v) is 29.6. The molecule has 3 aliphatic carbocycles. The maximum atomic E-state index is 13.9. The molecular formula is C42H54O4. The number of fused-ring (bicyclic) bond motifs is 3. The molecule has 0 aromatic heterocycles. The van der Waals surface area contributed by atoms with E-state index in [0.717, 1.165) is 24.0 Å². The fraction of sp³-hybridized carbons (Fsp3) is 0.571. The molecule has 3 aromatic carbocycles. The van der Waals surface area contributed by atoms with Crippen LogP contribution in [0.15, 0.2) is 24.3 Å². The maximum Gasteiger partial charge on any atom is 0.339 e. The number of carbonyl (C=O) groups is 2. The molecule has 246 valence electrons. The van der Waals surface area contributed by atoms with E-state index in [2.05, 4.69) is 65.8 Å². The first-order valence-corrected chi connectivity index (χ1v) is 17.8. The van der Waals surface area contributed by atoms with E-state index < -0.39 is 22.8 Å². The van der Waals surface area contributed by atoms with Crippen molar-refractivity contribution in [3.05, 3.63) is 79.9 Å². The van der Waals surface area contributed by atoms with Gasteiger partial charge in [-0.05, 0) is 116 Å². The first-order chi connectivity index (χ1) is 21.9. The minimum absolute atomic E-state index is 0.390. The summed E-state index contributed by atoms with van der Waals surface area (Å²) in [5, 5.41) is 2.90. The predicted octanol–water partition coefficient (Wildman–Crippen LogP) is 10.6. The number of hydrogen-bond donors (Lipinski definition) is 0. The molecule has 46 heavy (non-hydrogen) atoms. The average molecular weight is 623 g/mol. The van der Waals surface area contributed by atoms with E-state index in [1.807, 2.05) is 0 Å². The van der Waals surface area contributed by atoms with Crippen molar-refractivity contribution in [2.45, 2.75) is 141 Å². The SMILES string of the molecule is COC(=O)c1c(C(=O)OC)c(C(C)(C)C)c2c(c1C(C)(C)C)Cc1c(c(C3CCCCC3)c3ccccc3c1C1CCCCC1)C2. The Hall–Kier alpha value is -3.14. The lowest BCUT2D eigenvalue weighted by Gasteiger charge is -2.40. The van der Waals surface area contributed by atoms with E-state index in [0.29, 0.717) is 23.0 Å². The first kappa shape index (κ1) is 32.8. The monoisotopic (exact) mass is 622 g/mol. The second kappa shape index (κ2) is 12.5. The van der Waals surface area contributed by atoms with Crippen molar-refractivity contribution in [1.82, 2.24) is 0 Å². The first-order valence-electron chi connectivity index (χ1n) is 17.8. The summed E-state index contributed by atoms with van der Waals surface area (Å²) in [6, 6.07) is 9.26. The third-order valence-electron chi connectivity index (χ3n) is 11.3. The van der Waals surface area contributed by atoms with Crippen molar-refractivity contribution < 1.29 is 19.1 Å². The maximum absolute atomic E-state index is 13.9. The van der Waals surface area contributed by atoms with Crippen LogP contribution in [0.4, 0.5) is 0 Å². The largest absolute Gasteiger partial charge is 0.465 e. The topological polar surface area (TPSA) is 52.6 Å². The van der Waals surface area contributed by atoms with Crippen LogP contribution in [0.2, 0.25) is 0 Å². The highest BCUT2D eigenvalue weighted by Gasteiger charge is 2.42. The molecule has 0 bridgehead atoms. The van der Waals surface area contributed by atoms with Crippen molar-refractivity contribution in [3.63, 3.8) is 0 Å². The van der Waals surface area contributed by atoms with E-state index in [1.54, 1.807) is 11.1 Å². The van der Waals surface area contributed by atoms with Gasteiger partial charge in [-0.3, -0.25) is 0 Å². The Labute approximate surface area is 276 Å². The summed E-state index contributed by atoms with van der Waals surface area (Å²) in [4.78, 5) is 27.7. The van der Waals surface area contributed by atoms with Gasteiger partial charge in [0, 0.05) is 0 Å². The standard InChI is InChI=1S/C42H54O4/c1-41(2,3)37-31-23-29-30(24-32(31)38(42(4,5)6)36(40(44)46-8)35(37)39(43)45-7)34(26-19-13-10-14-20-26)28-22-16-15-21-27(28)33(29)25-17-11-9-12-18-25/h15-16,21-22,25-26H,9-14,17-20,23-24H2,1-8H3. The Bertz CT molecular complexity index is 1540. The molecule has 4 nitrogen and oxygen atoms in total. The van der Waals surface area contributed by atoms with Gasteiger partial charge in [0.15, 0.2) is 0 Å². The van der Waals surface area contributed by atoms with Crippen LogP contribution < -0.4 is 0 Å². The molecule has 0 amide bonds. The van der Waals surface area contributed by atoms with Gasteiger partial charge in [-0.15, -0.1) is 0 Å². The van der Waals surface area contributed by atoms with Gasteiger partial charge in [-0.25, -0.2) is 9.59 Å². The minimum Gasteiger partial charge on any atom is -0.465 e. The van der Waals surface area contributed by atoms with Gasteiger partial charge in [0.2, 0.25) is 0 Å². The molecule has 3 aromatic rings. The highest BCUT2D eigenvalue weighted by atomic mass is 16.5. The van der Waals surface area contributed by atoms with Crippen LogP contribution in [0.25, 0.3) is 10.8 Å². The van der Waals surface area contributed by atoms with Crippen LogP contribution in [0.1, 0.15) is 183 Å². The summed E-state index contributed by atoms with van der Waals surface area (Å²) in [7, 11) is 2.84. The van der Waals surface area contributed by atoms with Crippen LogP contribution in [0.5, 0.6) is 0 Å². The predicted molar refractivity (Wildman–Crippen MR) is 188 cm³/mol. The minimum atomic E-state index is -0.460. The average Bonchev–Trinajstić information content (AvgIpc) is 3.04. The van der Waals surface area contributed by atoms with Crippen molar-refractivity contribution in [1.29, 1.82) is 0 Å². The van der Waals surface area contributed by atoms with Gasteiger partial charge < -0.3 is 9.47 Å². The number of methoxy groups -OCH3 is 2. The molecule has 0 atom stereocenters. The highest BCUT2D eigenvalue weighted by Crippen LogP contribution is 2.52. The molecule has 0 heterocycles. The van der Waals surface area contributed by atoms with E-state index in [9.17, 15) is 9.59 Å². The Morgan fingerprint density at radius 1 is 0.565 bits per heavy atom. The summed E-state index contributed by atoms with van der Waals surface area (Å²) in [6.07, 6.45) is 14.3. The second-order valence-corrected chi connectivity index (χ2v) is 16.3. The normalized spacial score (nSPS) is 17.8. The molecule has 0 aliphatic heterocycles. The van der Waals surface area contributed by atoms with Gasteiger partial charge >= 0.3 is 11.9 Å². The van der Waals surface area contributed by atoms with E-state index in [-0.39, 0.29) is 0 Å². The Balaban J connectivity index is 1.77. The van der Waals surface area contributed by atoms with Crippen LogP contribution in [0.3, 0.4) is 0 Å². The fourth-order valence-electron chi connectivity index (χ4n) is 9.59. The molecule has 0 radical (unpaired) electrons. The molecule has 3 aliphatic rings. The molecule has 4 heteroatoms. The van der Waals surface area contributed by atoms with Gasteiger partial charge in [0.1, 0.15) is 0 Å². The van der Waals surface area contributed by atoms with Crippen molar-refractivity contribution in [3.8, 4) is 0 Å². The van der Waals surface area contributed by atoms with E-state index >= 15 is 0 Å². The Morgan fingerprint density at radius 2 is 0.913 bits per heavy atom. The molecule has 0 saturated heterocycles. The summed E-state index contributed by atoms with van der Waals surface area (Å²) >= 11 is 0. The van der Waals surface area contributed by atoms with Crippen molar-refractivity contribution in [2.75, 3.05) is 14.2 Å². The summed E-state index contributed by atoms with van der Waals surface area (Å²) < 4.78 is 10.9. The number of benzene rings is 3. The molecular weight excluding hydrogens is 568 g/mol. The van der Waals surface area contributed by atoms with Gasteiger partial charge in [0.05, 0.1) is 25.3 Å². The van der Waals surface area contributed by atoms with Crippen molar-refractivity contribution >= 4 is 22.7 Å². The molecule has 6 rings (SSSR count). The third kappa shape index (κ3) is 5.58. The quantitative estimate of drug-likeness (QED) is 0.213. The molecule has 2 fully saturated rings. The Kier molecular flexibility index (Phi) is 8.89. The zero-order valence-electron chi connectivity index (χ0n) is 29.6. The van der Waals surface area contributed by atoms with Gasteiger partial charge in [0.25, 0.3) is 0 Å². The summed E-state index contributed by atoms with van der Waals surface area (Å²) in [5.74, 6) is 0.171. The van der Waals surface area contributed by atoms with E-state index in [4.69, 9.17) is 9.47 Å². The number of hydrogen-bond acceptors (Lipinski definition) is 4. The lowest BCUT2D eigenvalue weighted by Crippen LogP contribution is -2.33. The smallest absolute Gasteiger partial charge is 0.339 e.